The summed E-state index contributed by atoms with van der Waals surface area (Å²) in [6, 6.07) is 2.81. The second-order valence-corrected chi connectivity index (χ2v) is 4.27. The van der Waals surface area contributed by atoms with Gasteiger partial charge in [0.25, 0.3) is 0 Å². The molecule has 0 spiro atoms. The number of ether oxygens (including phenoxy) is 1. The number of aliphatic hydroxyl groups excluding tert-OH is 1. The van der Waals surface area contributed by atoms with E-state index in [1.165, 1.54) is 6.07 Å². The molecule has 0 bridgehead atoms. The molecule has 1 aromatic carbocycles. The first-order valence-electron chi connectivity index (χ1n) is 5.69. The van der Waals surface area contributed by atoms with E-state index in [4.69, 9.17) is 15.5 Å². The minimum absolute atomic E-state index is 0.234. The van der Waals surface area contributed by atoms with Gasteiger partial charge in [-0.05, 0) is 18.2 Å². The summed E-state index contributed by atoms with van der Waals surface area (Å²) >= 11 is 0. The number of carbonyl (C=O) groups is 1. The second-order valence-electron chi connectivity index (χ2n) is 4.27. The monoisotopic (exact) mass is 302 g/mol. The highest BCUT2D eigenvalue weighted by Gasteiger charge is 2.40. The zero-order valence-corrected chi connectivity index (χ0v) is 10.3. The van der Waals surface area contributed by atoms with Crippen LogP contribution in [0.2, 0.25) is 0 Å². The first-order chi connectivity index (χ1) is 9.75. The number of carbonyl (C=O) groups excluding carboxylic acids is 1. The summed E-state index contributed by atoms with van der Waals surface area (Å²) in [6.07, 6.45) is -7.75. The largest absolute Gasteiger partial charge is 0.447 e. The Balaban J connectivity index is 2.50. The first kappa shape index (κ1) is 15.1. The van der Waals surface area contributed by atoms with Crippen molar-refractivity contribution in [1.82, 2.24) is 0 Å². The highest BCUT2D eigenvalue weighted by molar-refractivity contribution is 5.90. The molecule has 0 aliphatic carbocycles. The third kappa shape index (κ3) is 2.76. The fraction of sp³-hybridized carbons (Fsp3) is 0.333. The Morgan fingerprint density at radius 1 is 1.43 bits per heavy atom. The van der Waals surface area contributed by atoms with Crippen molar-refractivity contribution in [3.8, 4) is 6.07 Å². The van der Waals surface area contributed by atoms with E-state index >= 15 is 0 Å². The molecule has 1 heterocycles. The molecule has 1 fully saturated rings. The quantitative estimate of drug-likeness (QED) is 0.801. The van der Waals surface area contributed by atoms with E-state index in [0.717, 1.165) is 12.1 Å². The van der Waals surface area contributed by atoms with Gasteiger partial charge in [-0.3, -0.25) is 4.90 Å². The number of cyclic esters (lactones) is 1. The van der Waals surface area contributed by atoms with Crippen LogP contribution in [0.25, 0.3) is 0 Å². The molecular weight excluding hydrogens is 293 g/mol. The van der Waals surface area contributed by atoms with Gasteiger partial charge in [-0.25, -0.2) is 4.79 Å². The standard InChI is InChI=1S/C12H9F3N2O4/c13-12(14,15)8-3-7(2-1-6(8)4-16)17-9(10(18)19)5-21-11(17)20/h1-3,9-10,18-19H,5H2/t9-/m1/s1. The van der Waals surface area contributed by atoms with E-state index in [-0.39, 0.29) is 12.3 Å². The Labute approximate surface area is 116 Å². The van der Waals surface area contributed by atoms with Gasteiger partial charge in [-0.1, -0.05) is 0 Å². The average molecular weight is 302 g/mol. The molecule has 0 radical (unpaired) electrons. The third-order valence-corrected chi connectivity index (χ3v) is 2.96. The molecule has 1 aliphatic rings. The topological polar surface area (TPSA) is 93.8 Å². The molecule has 9 heteroatoms. The van der Waals surface area contributed by atoms with Gasteiger partial charge in [-0.2, -0.15) is 18.4 Å². The van der Waals surface area contributed by atoms with Crippen molar-refractivity contribution >= 4 is 11.8 Å². The van der Waals surface area contributed by atoms with Crippen molar-refractivity contribution in [1.29, 1.82) is 5.26 Å². The number of alkyl halides is 3. The predicted molar refractivity (Wildman–Crippen MR) is 62.0 cm³/mol. The Bertz CT molecular complexity index is 610. The molecule has 2 N–H and O–H groups in total. The maximum atomic E-state index is 12.9. The number of aliphatic hydroxyl groups is 2. The Morgan fingerprint density at radius 3 is 2.62 bits per heavy atom. The van der Waals surface area contributed by atoms with E-state index in [0.29, 0.717) is 11.0 Å². The number of nitrogens with zero attached hydrogens (tertiary/aromatic N) is 2. The number of anilines is 1. The van der Waals surface area contributed by atoms with E-state index < -0.39 is 35.7 Å². The minimum Gasteiger partial charge on any atom is -0.447 e. The van der Waals surface area contributed by atoms with E-state index in [1.54, 1.807) is 0 Å². The third-order valence-electron chi connectivity index (χ3n) is 2.96. The van der Waals surface area contributed by atoms with Gasteiger partial charge in [0, 0.05) is 5.69 Å². The fourth-order valence-corrected chi connectivity index (χ4v) is 1.97. The van der Waals surface area contributed by atoms with Gasteiger partial charge >= 0.3 is 12.3 Å². The molecule has 21 heavy (non-hydrogen) atoms. The summed E-state index contributed by atoms with van der Waals surface area (Å²) in [5.41, 5.74) is -2.05. The van der Waals surface area contributed by atoms with Crippen LogP contribution in [0.4, 0.5) is 23.7 Å². The molecule has 1 atom stereocenters. The van der Waals surface area contributed by atoms with Crippen LogP contribution in [-0.2, 0) is 10.9 Å². The molecule has 1 amide bonds. The minimum atomic E-state index is -4.78. The normalized spacial score (nSPS) is 18.8. The summed E-state index contributed by atoms with van der Waals surface area (Å²) in [5.74, 6) is 0. The van der Waals surface area contributed by atoms with Gasteiger partial charge in [0.05, 0.1) is 17.2 Å². The van der Waals surface area contributed by atoms with Crippen LogP contribution in [0.5, 0.6) is 0 Å². The molecule has 0 unspecified atom stereocenters. The van der Waals surface area contributed by atoms with Crippen molar-refractivity contribution in [2.45, 2.75) is 18.5 Å². The number of benzene rings is 1. The van der Waals surface area contributed by atoms with Crippen LogP contribution in [0.1, 0.15) is 11.1 Å². The van der Waals surface area contributed by atoms with Crippen LogP contribution in [0, 0.1) is 11.3 Å². The zero-order valence-electron chi connectivity index (χ0n) is 10.3. The van der Waals surface area contributed by atoms with Crippen molar-refractivity contribution in [3.63, 3.8) is 0 Å². The highest BCUT2D eigenvalue weighted by Crippen LogP contribution is 2.35. The maximum Gasteiger partial charge on any atom is 0.417 e. The van der Waals surface area contributed by atoms with E-state index in [1.807, 2.05) is 0 Å². The first-order valence-corrected chi connectivity index (χ1v) is 5.69. The van der Waals surface area contributed by atoms with Crippen LogP contribution >= 0.6 is 0 Å². The number of hydrogen-bond donors (Lipinski definition) is 2. The smallest absolute Gasteiger partial charge is 0.417 e. The van der Waals surface area contributed by atoms with E-state index in [9.17, 15) is 18.0 Å². The molecule has 0 aromatic heterocycles. The fourth-order valence-electron chi connectivity index (χ4n) is 1.97. The molecule has 112 valence electrons. The van der Waals surface area contributed by atoms with Crippen molar-refractivity contribution in [2.24, 2.45) is 0 Å². The molecule has 2 rings (SSSR count). The van der Waals surface area contributed by atoms with Gasteiger partial charge < -0.3 is 14.9 Å². The molecular formula is C12H9F3N2O4. The highest BCUT2D eigenvalue weighted by atomic mass is 19.4. The number of amides is 1. The molecule has 0 saturated carbocycles. The Hall–Kier alpha value is -2.31. The number of halogens is 3. The van der Waals surface area contributed by atoms with Gasteiger partial charge in [-0.15, -0.1) is 0 Å². The summed E-state index contributed by atoms with van der Waals surface area (Å²) in [7, 11) is 0. The lowest BCUT2D eigenvalue weighted by Gasteiger charge is -2.23. The lowest BCUT2D eigenvalue weighted by Crippen LogP contribution is -2.42. The molecule has 1 aromatic rings. The van der Waals surface area contributed by atoms with Gasteiger partial charge in [0.1, 0.15) is 12.6 Å². The second kappa shape index (κ2) is 5.23. The van der Waals surface area contributed by atoms with Crippen molar-refractivity contribution < 1.29 is 32.9 Å². The average Bonchev–Trinajstić information content (AvgIpc) is 2.79. The number of hydrogen-bond acceptors (Lipinski definition) is 5. The van der Waals surface area contributed by atoms with Crippen LogP contribution in [0.15, 0.2) is 18.2 Å². The maximum absolute atomic E-state index is 12.9. The lowest BCUT2D eigenvalue weighted by molar-refractivity contribution is -0.137. The molecule has 1 aliphatic heterocycles. The Morgan fingerprint density at radius 2 is 2.10 bits per heavy atom. The summed E-state index contributed by atoms with van der Waals surface area (Å²) in [5, 5.41) is 27.0. The summed E-state index contributed by atoms with van der Waals surface area (Å²) in [4.78, 5) is 12.2. The van der Waals surface area contributed by atoms with Crippen molar-refractivity contribution in [2.75, 3.05) is 11.5 Å². The summed E-state index contributed by atoms with van der Waals surface area (Å²) in [6.45, 7) is -0.363. The van der Waals surface area contributed by atoms with E-state index in [2.05, 4.69) is 4.74 Å². The van der Waals surface area contributed by atoms with Crippen LogP contribution in [-0.4, -0.2) is 35.2 Å². The number of nitriles is 1. The van der Waals surface area contributed by atoms with Crippen LogP contribution < -0.4 is 4.90 Å². The van der Waals surface area contributed by atoms with Gasteiger partial charge in [0.15, 0.2) is 6.29 Å². The molecule has 1 saturated heterocycles. The number of rotatable bonds is 2. The summed E-state index contributed by atoms with van der Waals surface area (Å²) < 4.78 is 43.2. The van der Waals surface area contributed by atoms with Gasteiger partial charge in [0.2, 0.25) is 0 Å². The predicted octanol–water partition coefficient (Wildman–Crippen LogP) is 1.21. The zero-order chi connectivity index (χ0) is 15.8. The SMILES string of the molecule is N#Cc1ccc(N2C(=O)OC[C@@H]2C(O)O)cc1C(F)(F)F. The van der Waals surface area contributed by atoms with Crippen LogP contribution in [0.3, 0.4) is 0 Å². The lowest BCUT2D eigenvalue weighted by atomic mass is 10.1. The Kier molecular flexibility index (Phi) is 3.76. The molecule has 6 nitrogen and oxygen atoms in total. The van der Waals surface area contributed by atoms with Crippen molar-refractivity contribution in [3.05, 3.63) is 29.3 Å².